The molecule has 0 saturated carbocycles. The summed E-state index contributed by atoms with van der Waals surface area (Å²) in [5.41, 5.74) is 2.06. The lowest BCUT2D eigenvalue weighted by molar-refractivity contribution is -0.120. The van der Waals surface area contributed by atoms with Crippen LogP contribution in [0.4, 0.5) is 0 Å². The molecule has 0 radical (unpaired) electrons. The Morgan fingerprint density at radius 3 is 2.59 bits per heavy atom. The first-order valence-electron chi connectivity index (χ1n) is 10.1. The number of hydrogen-bond acceptors (Lipinski definition) is 7. The minimum atomic E-state index is -1.28. The van der Waals surface area contributed by atoms with E-state index in [0.717, 1.165) is 16.2 Å². The quantitative estimate of drug-likeness (QED) is 0.672. The molecule has 2 aromatic carbocycles. The Balaban J connectivity index is 1.44. The summed E-state index contributed by atoms with van der Waals surface area (Å²) in [5, 5.41) is 9.86. The number of carbonyl (C=O) groups is 3. The predicted octanol–water partition coefficient (Wildman–Crippen LogP) is 2.55. The van der Waals surface area contributed by atoms with Crippen LogP contribution >= 0.6 is 0 Å². The van der Waals surface area contributed by atoms with Crippen LogP contribution in [0.3, 0.4) is 0 Å². The lowest BCUT2D eigenvalue weighted by atomic mass is 9.99. The lowest BCUT2D eigenvalue weighted by Crippen LogP contribution is -2.35. The molecule has 1 atom stereocenters. The number of ether oxygens (including phenoxy) is 2. The third-order valence-corrected chi connectivity index (χ3v) is 5.47. The molecule has 0 aromatic heterocycles. The van der Waals surface area contributed by atoms with Crippen LogP contribution in [0.2, 0.25) is 0 Å². The van der Waals surface area contributed by atoms with Gasteiger partial charge in [-0.2, -0.15) is 0 Å². The zero-order valence-corrected chi connectivity index (χ0v) is 17.7. The summed E-state index contributed by atoms with van der Waals surface area (Å²) in [6, 6.07) is 12.2. The number of carbonyl (C=O) groups excluding carboxylic acids is 3. The topological polar surface area (TPSA) is 106 Å². The molecular weight excluding hydrogens is 412 g/mol. The van der Waals surface area contributed by atoms with Gasteiger partial charge in [0.2, 0.25) is 0 Å². The van der Waals surface area contributed by atoms with E-state index in [0.29, 0.717) is 17.0 Å². The van der Waals surface area contributed by atoms with Crippen LogP contribution < -0.4 is 9.47 Å². The number of aliphatic imine (C=N–C) groups is 1. The summed E-state index contributed by atoms with van der Waals surface area (Å²) in [6.07, 6.45) is 0.228. The molecule has 32 heavy (non-hydrogen) atoms. The molecule has 0 aliphatic carbocycles. The van der Waals surface area contributed by atoms with Gasteiger partial charge in [0.1, 0.15) is 18.1 Å². The fraction of sp³-hybridized carbons (Fsp3) is 0.250. The van der Waals surface area contributed by atoms with Gasteiger partial charge >= 0.3 is 0 Å². The zero-order valence-electron chi connectivity index (χ0n) is 17.7. The van der Waals surface area contributed by atoms with Gasteiger partial charge in [0.05, 0.1) is 23.9 Å². The maximum Gasteiger partial charge on any atom is 0.261 e. The fourth-order valence-electron chi connectivity index (χ4n) is 3.59. The highest BCUT2D eigenvalue weighted by atomic mass is 16.5. The largest absolute Gasteiger partial charge is 0.497 e. The fourth-order valence-corrected chi connectivity index (χ4v) is 3.59. The number of Topliss-reactive ketones (excluding diaryl/α,β-unsaturated/α-hetero) is 1. The number of fused-ring (bicyclic) bond motifs is 1. The molecule has 2 aliphatic rings. The van der Waals surface area contributed by atoms with Gasteiger partial charge < -0.3 is 14.6 Å². The lowest BCUT2D eigenvalue weighted by Gasteiger charge is -2.18. The summed E-state index contributed by atoms with van der Waals surface area (Å²) in [7, 11) is 1.59. The van der Waals surface area contributed by atoms with Gasteiger partial charge in [-0.1, -0.05) is 12.1 Å². The van der Waals surface area contributed by atoms with Crippen molar-refractivity contribution in [3.8, 4) is 11.5 Å². The van der Waals surface area contributed by atoms with Crippen molar-refractivity contribution in [2.24, 2.45) is 4.99 Å². The standard InChI is InChI=1S/C24H22N2O6/c1-14-21(27)22(28)16(12-25-14)8-9-26-23(29)19-7-6-18(11-20(19)24(26)30)32-13-15-4-3-5-17(10-15)31-2/h3-7,10-12,21,27H,8-9,13H2,1-2H3. The highest BCUT2D eigenvalue weighted by Crippen LogP contribution is 2.28. The molecule has 8 heteroatoms. The van der Waals surface area contributed by atoms with Gasteiger partial charge in [0.15, 0.2) is 11.9 Å². The second kappa shape index (κ2) is 8.76. The van der Waals surface area contributed by atoms with E-state index >= 15 is 0 Å². The Morgan fingerprint density at radius 2 is 1.81 bits per heavy atom. The first-order chi connectivity index (χ1) is 15.4. The molecule has 4 rings (SSSR count). The van der Waals surface area contributed by atoms with E-state index in [1.54, 1.807) is 32.2 Å². The van der Waals surface area contributed by atoms with E-state index < -0.39 is 23.7 Å². The van der Waals surface area contributed by atoms with E-state index in [1.165, 1.54) is 6.20 Å². The number of hydrogen-bond donors (Lipinski definition) is 1. The molecule has 2 aromatic rings. The van der Waals surface area contributed by atoms with Crippen molar-refractivity contribution in [3.05, 3.63) is 70.9 Å². The summed E-state index contributed by atoms with van der Waals surface area (Å²) in [6.45, 7) is 1.86. The second-order valence-electron chi connectivity index (χ2n) is 7.55. The Labute approximate surface area is 184 Å². The third-order valence-electron chi connectivity index (χ3n) is 5.47. The van der Waals surface area contributed by atoms with Gasteiger partial charge in [-0.3, -0.25) is 24.3 Å². The zero-order chi connectivity index (χ0) is 22.8. The average molecular weight is 434 g/mol. The van der Waals surface area contributed by atoms with Crippen LogP contribution in [0.15, 0.2) is 59.2 Å². The highest BCUT2D eigenvalue weighted by molar-refractivity contribution is 6.21. The molecule has 2 heterocycles. The summed E-state index contributed by atoms with van der Waals surface area (Å²) in [5.74, 6) is -0.138. The number of benzene rings is 2. The molecule has 8 nitrogen and oxygen atoms in total. The van der Waals surface area contributed by atoms with Crippen LogP contribution in [-0.4, -0.2) is 53.1 Å². The van der Waals surface area contributed by atoms with Crippen LogP contribution in [0.25, 0.3) is 0 Å². The SMILES string of the molecule is COc1cccc(COc2ccc3c(c2)C(=O)N(CCC2=CN=C(C)C(O)C2=O)C3=O)c1. The van der Waals surface area contributed by atoms with Crippen molar-refractivity contribution in [3.63, 3.8) is 0 Å². The highest BCUT2D eigenvalue weighted by Gasteiger charge is 2.36. The molecule has 0 spiro atoms. The molecule has 164 valence electrons. The molecule has 2 amide bonds. The number of imide groups is 1. The van der Waals surface area contributed by atoms with Crippen molar-refractivity contribution in [2.45, 2.75) is 26.1 Å². The van der Waals surface area contributed by atoms with Crippen molar-refractivity contribution >= 4 is 23.3 Å². The van der Waals surface area contributed by atoms with Gasteiger partial charge in [0, 0.05) is 18.3 Å². The number of amides is 2. The van der Waals surface area contributed by atoms with Gasteiger partial charge in [0.25, 0.3) is 11.8 Å². The number of aliphatic hydroxyl groups is 1. The van der Waals surface area contributed by atoms with E-state index in [4.69, 9.17) is 9.47 Å². The van der Waals surface area contributed by atoms with Crippen molar-refractivity contribution in [1.82, 2.24) is 4.90 Å². The average Bonchev–Trinajstić information content (AvgIpc) is 3.05. The Bertz CT molecular complexity index is 1170. The summed E-state index contributed by atoms with van der Waals surface area (Å²) in [4.78, 5) is 42.8. The van der Waals surface area contributed by atoms with Crippen molar-refractivity contribution in [1.29, 1.82) is 0 Å². The molecule has 0 bridgehead atoms. The normalized spacial score (nSPS) is 17.8. The van der Waals surface area contributed by atoms with E-state index in [9.17, 15) is 19.5 Å². The Hall–Kier alpha value is -3.78. The first-order valence-corrected chi connectivity index (χ1v) is 10.1. The van der Waals surface area contributed by atoms with Gasteiger partial charge in [-0.25, -0.2) is 0 Å². The molecule has 2 aliphatic heterocycles. The van der Waals surface area contributed by atoms with Gasteiger partial charge in [-0.05, 0) is 49.2 Å². The molecule has 0 saturated heterocycles. The van der Waals surface area contributed by atoms with Crippen molar-refractivity contribution in [2.75, 3.05) is 13.7 Å². The van der Waals surface area contributed by atoms with Gasteiger partial charge in [-0.15, -0.1) is 0 Å². The van der Waals surface area contributed by atoms with Crippen LogP contribution in [-0.2, 0) is 11.4 Å². The number of aliphatic hydroxyl groups excluding tert-OH is 1. The molecule has 0 fully saturated rings. The maximum atomic E-state index is 12.8. The minimum absolute atomic E-state index is 0.0191. The second-order valence-corrected chi connectivity index (χ2v) is 7.55. The predicted molar refractivity (Wildman–Crippen MR) is 116 cm³/mol. The number of ketones is 1. The van der Waals surface area contributed by atoms with Crippen molar-refractivity contribution < 1.29 is 29.0 Å². The molecular formula is C24H22N2O6. The maximum absolute atomic E-state index is 12.8. The monoisotopic (exact) mass is 434 g/mol. The number of rotatable bonds is 7. The Kier molecular flexibility index (Phi) is 5.87. The summed E-state index contributed by atoms with van der Waals surface area (Å²) >= 11 is 0. The number of nitrogens with zero attached hydrogens (tertiary/aromatic N) is 2. The Morgan fingerprint density at radius 1 is 1.03 bits per heavy atom. The molecule has 1 unspecified atom stereocenters. The van der Waals surface area contributed by atoms with E-state index in [-0.39, 0.29) is 30.7 Å². The van der Waals surface area contributed by atoms with E-state index in [1.807, 2.05) is 24.3 Å². The van der Waals surface area contributed by atoms with Crippen LogP contribution in [0, 0.1) is 0 Å². The first kappa shape index (κ1) is 21.5. The van der Waals surface area contributed by atoms with Crippen LogP contribution in [0.1, 0.15) is 39.6 Å². The smallest absolute Gasteiger partial charge is 0.261 e. The number of methoxy groups -OCH3 is 1. The third kappa shape index (κ3) is 4.04. The van der Waals surface area contributed by atoms with Crippen LogP contribution in [0.5, 0.6) is 11.5 Å². The summed E-state index contributed by atoms with van der Waals surface area (Å²) < 4.78 is 11.0. The van der Waals surface area contributed by atoms with E-state index in [2.05, 4.69) is 4.99 Å². The minimum Gasteiger partial charge on any atom is -0.497 e. The molecule has 1 N–H and O–H groups in total.